The van der Waals surface area contributed by atoms with Crippen LogP contribution in [0.2, 0.25) is 0 Å². The van der Waals surface area contributed by atoms with Gasteiger partial charge in [0.2, 0.25) is 0 Å². The highest BCUT2D eigenvalue weighted by Crippen LogP contribution is 2.25. The Balaban J connectivity index is 1.85. The SMILES string of the molecule is CCC(C)N(Cc1c[nH]c2ccccc12)C(=S)Nc1ccccc1OC. The normalized spacial score (nSPS) is 12.0. The summed E-state index contributed by atoms with van der Waals surface area (Å²) in [6, 6.07) is 16.5. The number of nitrogens with one attached hydrogen (secondary N) is 2. The van der Waals surface area contributed by atoms with Crippen LogP contribution in [0.15, 0.2) is 54.7 Å². The number of fused-ring (bicyclic) bond motifs is 1. The molecule has 3 rings (SSSR count). The van der Waals surface area contributed by atoms with E-state index in [2.05, 4.69) is 53.4 Å². The summed E-state index contributed by atoms with van der Waals surface area (Å²) in [6.07, 6.45) is 3.09. The van der Waals surface area contributed by atoms with Crippen LogP contribution in [0.4, 0.5) is 5.69 Å². The van der Waals surface area contributed by atoms with Gasteiger partial charge in [0.1, 0.15) is 5.75 Å². The number of thiocarbonyl (C=S) groups is 1. The predicted molar refractivity (Wildman–Crippen MR) is 113 cm³/mol. The lowest BCUT2D eigenvalue weighted by Gasteiger charge is -2.31. The molecule has 1 heterocycles. The number of anilines is 1. The van der Waals surface area contributed by atoms with Gasteiger partial charge in [-0.25, -0.2) is 0 Å². The Labute approximate surface area is 160 Å². The number of rotatable bonds is 6. The Morgan fingerprint density at radius 2 is 1.92 bits per heavy atom. The number of ether oxygens (including phenoxy) is 1. The number of hydrogen-bond donors (Lipinski definition) is 2. The first-order chi connectivity index (χ1) is 12.6. The van der Waals surface area contributed by atoms with E-state index in [0.29, 0.717) is 11.2 Å². The van der Waals surface area contributed by atoms with E-state index in [0.717, 1.165) is 29.9 Å². The summed E-state index contributed by atoms with van der Waals surface area (Å²) >= 11 is 5.75. The average Bonchev–Trinajstić information content (AvgIpc) is 3.08. The average molecular weight is 368 g/mol. The molecule has 2 aromatic carbocycles. The van der Waals surface area contributed by atoms with Gasteiger partial charge in [-0.1, -0.05) is 37.3 Å². The fourth-order valence-corrected chi connectivity index (χ4v) is 3.38. The molecule has 0 spiro atoms. The fourth-order valence-electron chi connectivity index (χ4n) is 3.03. The number of H-pyrrole nitrogens is 1. The van der Waals surface area contributed by atoms with Gasteiger partial charge in [0, 0.05) is 29.7 Å². The van der Waals surface area contributed by atoms with Gasteiger partial charge in [-0.2, -0.15) is 0 Å². The molecule has 2 N–H and O–H groups in total. The first-order valence-electron chi connectivity index (χ1n) is 8.89. The van der Waals surface area contributed by atoms with Crippen LogP contribution in [0.3, 0.4) is 0 Å². The molecule has 0 aliphatic heterocycles. The van der Waals surface area contributed by atoms with Crippen LogP contribution < -0.4 is 10.1 Å². The Morgan fingerprint density at radius 1 is 1.19 bits per heavy atom. The number of para-hydroxylation sites is 3. The van der Waals surface area contributed by atoms with Gasteiger partial charge in [-0.3, -0.25) is 0 Å². The molecule has 0 saturated carbocycles. The molecule has 0 bridgehead atoms. The van der Waals surface area contributed by atoms with E-state index in [-0.39, 0.29) is 0 Å². The van der Waals surface area contributed by atoms with Crippen molar-refractivity contribution in [2.24, 2.45) is 0 Å². The lowest BCUT2D eigenvalue weighted by Crippen LogP contribution is -2.40. The van der Waals surface area contributed by atoms with Crippen molar-refractivity contribution in [3.05, 3.63) is 60.3 Å². The molecule has 1 aromatic heterocycles. The largest absolute Gasteiger partial charge is 0.495 e. The van der Waals surface area contributed by atoms with Crippen molar-refractivity contribution in [1.82, 2.24) is 9.88 Å². The van der Waals surface area contributed by atoms with Gasteiger partial charge in [-0.15, -0.1) is 0 Å². The zero-order valence-electron chi connectivity index (χ0n) is 15.5. The molecule has 26 heavy (non-hydrogen) atoms. The molecule has 0 aliphatic rings. The molecule has 136 valence electrons. The smallest absolute Gasteiger partial charge is 0.174 e. The summed E-state index contributed by atoms with van der Waals surface area (Å²) in [7, 11) is 1.67. The maximum absolute atomic E-state index is 5.75. The van der Waals surface area contributed by atoms with Gasteiger partial charge >= 0.3 is 0 Å². The van der Waals surface area contributed by atoms with Gasteiger partial charge in [0.05, 0.1) is 12.8 Å². The summed E-state index contributed by atoms with van der Waals surface area (Å²) in [5.74, 6) is 0.783. The van der Waals surface area contributed by atoms with Crippen molar-refractivity contribution >= 4 is 33.9 Å². The van der Waals surface area contributed by atoms with Crippen molar-refractivity contribution < 1.29 is 4.74 Å². The quantitative estimate of drug-likeness (QED) is 0.589. The van der Waals surface area contributed by atoms with Crippen LogP contribution in [0, 0.1) is 0 Å². The second-order valence-electron chi connectivity index (χ2n) is 6.38. The van der Waals surface area contributed by atoms with Crippen molar-refractivity contribution in [2.75, 3.05) is 12.4 Å². The molecule has 1 unspecified atom stereocenters. The fraction of sp³-hybridized carbons (Fsp3) is 0.286. The number of aromatic amines is 1. The minimum absolute atomic E-state index is 0.318. The Hall–Kier alpha value is -2.53. The van der Waals surface area contributed by atoms with Crippen LogP contribution in [-0.4, -0.2) is 28.1 Å². The number of aromatic nitrogens is 1. The van der Waals surface area contributed by atoms with Gasteiger partial charge < -0.3 is 19.9 Å². The summed E-state index contributed by atoms with van der Waals surface area (Å²) in [4.78, 5) is 5.58. The number of methoxy groups -OCH3 is 1. The summed E-state index contributed by atoms with van der Waals surface area (Å²) in [6.45, 7) is 5.13. The third-order valence-electron chi connectivity index (χ3n) is 4.75. The van der Waals surface area contributed by atoms with Crippen molar-refractivity contribution in [1.29, 1.82) is 0 Å². The van der Waals surface area contributed by atoms with Gasteiger partial charge in [0.25, 0.3) is 0 Å². The van der Waals surface area contributed by atoms with Gasteiger partial charge in [-0.05, 0) is 49.3 Å². The van der Waals surface area contributed by atoms with E-state index in [1.165, 1.54) is 10.9 Å². The van der Waals surface area contributed by atoms with Crippen LogP contribution >= 0.6 is 12.2 Å². The third kappa shape index (κ3) is 3.83. The van der Waals surface area contributed by atoms with Crippen LogP contribution in [0.25, 0.3) is 10.9 Å². The molecule has 0 amide bonds. The summed E-state index contributed by atoms with van der Waals surface area (Å²) < 4.78 is 5.43. The second kappa shape index (κ2) is 8.23. The predicted octanol–water partition coefficient (Wildman–Crippen LogP) is 5.17. The zero-order valence-corrected chi connectivity index (χ0v) is 16.3. The van der Waals surface area contributed by atoms with E-state index in [1.54, 1.807) is 7.11 Å². The Kier molecular flexibility index (Phi) is 5.78. The summed E-state index contributed by atoms with van der Waals surface area (Å²) in [5, 5.41) is 5.30. The monoisotopic (exact) mass is 367 g/mol. The third-order valence-corrected chi connectivity index (χ3v) is 5.08. The highest BCUT2D eigenvalue weighted by atomic mass is 32.1. The highest BCUT2D eigenvalue weighted by Gasteiger charge is 2.19. The number of hydrogen-bond acceptors (Lipinski definition) is 2. The minimum Gasteiger partial charge on any atom is -0.495 e. The highest BCUT2D eigenvalue weighted by molar-refractivity contribution is 7.80. The Bertz CT molecular complexity index is 890. The standard InChI is InChI=1S/C21H25N3OS/c1-4-15(2)24(14-16-13-22-18-10-6-5-9-17(16)18)21(26)23-19-11-7-8-12-20(19)25-3/h5-13,15,22H,4,14H2,1-3H3,(H,23,26). The maximum Gasteiger partial charge on any atom is 0.174 e. The second-order valence-corrected chi connectivity index (χ2v) is 6.76. The van der Waals surface area contributed by atoms with Gasteiger partial charge in [0.15, 0.2) is 5.11 Å². The number of benzene rings is 2. The molecular formula is C21H25N3OS. The lowest BCUT2D eigenvalue weighted by molar-refractivity contribution is 0.320. The minimum atomic E-state index is 0.318. The molecule has 1 atom stereocenters. The van der Waals surface area contributed by atoms with Crippen LogP contribution in [-0.2, 0) is 6.54 Å². The molecule has 3 aromatic rings. The lowest BCUT2D eigenvalue weighted by atomic mass is 10.1. The van der Waals surface area contributed by atoms with Crippen molar-refractivity contribution in [3.8, 4) is 5.75 Å². The summed E-state index contributed by atoms with van der Waals surface area (Å²) in [5.41, 5.74) is 3.27. The van der Waals surface area contributed by atoms with Crippen LogP contribution in [0.5, 0.6) is 5.75 Å². The molecule has 0 radical (unpaired) electrons. The molecule has 0 aliphatic carbocycles. The molecule has 4 nitrogen and oxygen atoms in total. The van der Waals surface area contributed by atoms with E-state index in [4.69, 9.17) is 17.0 Å². The number of nitrogens with zero attached hydrogens (tertiary/aromatic N) is 1. The Morgan fingerprint density at radius 3 is 2.69 bits per heavy atom. The van der Waals surface area contributed by atoms with Crippen molar-refractivity contribution in [3.63, 3.8) is 0 Å². The van der Waals surface area contributed by atoms with E-state index in [9.17, 15) is 0 Å². The van der Waals surface area contributed by atoms with E-state index in [1.807, 2.05) is 30.3 Å². The topological polar surface area (TPSA) is 40.3 Å². The molecule has 0 fully saturated rings. The van der Waals surface area contributed by atoms with E-state index < -0.39 is 0 Å². The van der Waals surface area contributed by atoms with Crippen LogP contribution in [0.1, 0.15) is 25.8 Å². The maximum atomic E-state index is 5.75. The first-order valence-corrected chi connectivity index (χ1v) is 9.30. The molecule has 5 heteroatoms. The molecular weight excluding hydrogens is 342 g/mol. The molecule has 0 saturated heterocycles. The first kappa shape index (κ1) is 18.3. The van der Waals surface area contributed by atoms with Crippen molar-refractivity contribution in [2.45, 2.75) is 32.9 Å². The van der Waals surface area contributed by atoms with E-state index >= 15 is 0 Å². The zero-order chi connectivity index (χ0) is 18.5.